The predicted molar refractivity (Wildman–Crippen MR) is 67.7 cm³/mol. The van der Waals surface area contributed by atoms with E-state index in [-0.39, 0.29) is 0 Å². The van der Waals surface area contributed by atoms with E-state index >= 15 is 0 Å². The normalized spacial score (nSPS) is 19.4. The van der Waals surface area contributed by atoms with Crippen LogP contribution in [-0.4, -0.2) is 23.2 Å². The number of nitrogens with zero attached hydrogens (tertiary/aromatic N) is 1. The van der Waals surface area contributed by atoms with Gasteiger partial charge < -0.3 is 10.4 Å². The summed E-state index contributed by atoms with van der Waals surface area (Å²) < 4.78 is 0. The van der Waals surface area contributed by atoms with Gasteiger partial charge in [-0.25, -0.2) is 0 Å². The van der Waals surface area contributed by atoms with Gasteiger partial charge in [0.1, 0.15) is 0 Å². The second-order valence-electron chi connectivity index (χ2n) is 4.66. The van der Waals surface area contributed by atoms with E-state index in [1.54, 1.807) is 6.20 Å². The van der Waals surface area contributed by atoms with Crippen LogP contribution in [0.5, 0.6) is 0 Å². The minimum atomic E-state index is -0.723. The fourth-order valence-corrected chi connectivity index (χ4v) is 2.59. The molecule has 3 heteroatoms. The SMILES string of the molecule is OC1(c2cccc3cccnc23)CCNCC1. The summed E-state index contributed by atoms with van der Waals surface area (Å²) >= 11 is 0. The molecule has 0 saturated carbocycles. The van der Waals surface area contributed by atoms with E-state index in [2.05, 4.69) is 10.3 Å². The Hall–Kier alpha value is -1.45. The van der Waals surface area contributed by atoms with Crippen LogP contribution in [0.15, 0.2) is 36.5 Å². The van der Waals surface area contributed by atoms with Crippen molar-refractivity contribution in [1.82, 2.24) is 10.3 Å². The number of hydrogen-bond acceptors (Lipinski definition) is 3. The topological polar surface area (TPSA) is 45.2 Å². The molecule has 17 heavy (non-hydrogen) atoms. The first kappa shape index (κ1) is 10.7. The average molecular weight is 228 g/mol. The zero-order valence-corrected chi connectivity index (χ0v) is 9.69. The highest BCUT2D eigenvalue weighted by Gasteiger charge is 2.32. The van der Waals surface area contributed by atoms with Crippen LogP contribution in [0.2, 0.25) is 0 Å². The Morgan fingerprint density at radius 2 is 1.88 bits per heavy atom. The number of hydrogen-bond donors (Lipinski definition) is 2. The molecule has 88 valence electrons. The number of pyridine rings is 1. The second-order valence-corrected chi connectivity index (χ2v) is 4.66. The lowest BCUT2D eigenvalue weighted by molar-refractivity contribution is 0.00718. The van der Waals surface area contributed by atoms with Gasteiger partial charge in [0.15, 0.2) is 0 Å². The van der Waals surface area contributed by atoms with Gasteiger partial charge in [0.25, 0.3) is 0 Å². The molecular formula is C14H16N2O. The van der Waals surface area contributed by atoms with E-state index in [1.165, 1.54) is 0 Å². The molecule has 3 rings (SSSR count). The monoisotopic (exact) mass is 228 g/mol. The van der Waals surface area contributed by atoms with Crippen molar-refractivity contribution in [3.63, 3.8) is 0 Å². The third-order valence-corrected chi connectivity index (χ3v) is 3.56. The first-order valence-electron chi connectivity index (χ1n) is 6.07. The van der Waals surface area contributed by atoms with Crippen molar-refractivity contribution >= 4 is 10.9 Å². The third kappa shape index (κ3) is 1.81. The van der Waals surface area contributed by atoms with Crippen molar-refractivity contribution in [1.29, 1.82) is 0 Å². The van der Waals surface area contributed by atoms with Crippen LogP contribution in [-0.2, 0) is 5.60 Å². The van der Waals surface area contributed by atoms with E-state index in [0.717, 1.165) is 42.4 Å². The molecule has 1 aromatic carbocycles. The number of para-hydroxylation sites is 1. The third-order valence-electron chi connectivity index (χ3n) is 3.56. The van der Waals surface area contributed by atoms with Crippen LogP contribution in [0.25, 0.3) is 10.9 Å². The van der Waals surface area contributed by atoms with Crippen LogP contribution in [0.3, 0.4) is 0 Å². The molecule has 2 N–H and O–H groups in total. The summed E-state index contributed by atoms with van der Waals surface area (Å²) in [6.45, 7) is 1.72. The summed E-state index contributed by atoms with van der Waals surface area (Å²) in [4.78, 5) is 4.42. The maximum absolute atomic E-state index is 10.8. The molecule has 0 radical (unpaired) electrons. The molecule has 2 heterocycles. The van der Waals surface area contributed by atoms with Crippen LogP contribution in [0, 0.1) is 0 Å². The standard InChI is InChI=1S/C14H16N2O/c17-14(6-9-15-10-7-14)12-5-1-3-11-4-2-8-16-13(11)12/h1-5,8,15,17H,6-7,9-10H2. The number of nitrogens with one attached hydrogen (secondary N) is 1. The number of aliphatic hydroxyl groups is 1. The highest BCUT2D eigenvalue weighted by molar-refractivity contribution is 5.82. The Balaban J connectivity index is 2.16. The zero-order valence-electron chi connectivity index (χ0n) is 9.69. The van der Waals surface area contributed by atoms with Gasteiger partial charge in [-0.1, -0.05) is 24.3 Å². The van der Waals surface area contributed by atoms with Gasteiger partial charge in [0.2, 0.25) is 0 Å². The minimum Gasteiger partial charge on any atom is -0.385 e. The fourth-order valence-electron chi connectivity index (χ4n) is 2.59. The van der Waals surface area contributed by atoms with Crippen LogP contribution in [0.1, 0.15) is 18.4 Å². The van der Waals surface area contributed by atoms with Crippen molar-refractivity contribution in [2.24, 2.45) is 0 Å². The second kappa shape index (κ2) is 4.09. The van der Waals surface area contributed by atoms with Crippen LogP contribution < -0.4 is 5.32 Å². The Labute approximate surface area is 100 Å². The molecule has 3 nitrogen and oxygen atoms in total. The lowest BCUT2D eigenvalue weighted by atomic mass is 9.84. The Bertz CT molecular complexity index is 527. The highest BCUT2D eigenvalue weighted by atomic mass is 16.3. The number of aromatic nitrogens is 1. The Morgan fingerprint density at radius 3 is 2.71 bits per heavy atom. The van der Waals surface area contributed by atoms with E-state index in [1.807, 2.05) is 30.3 Å². The lowest BCUT2D eigenvalue weighted by Crippen LogP contribution is -2.39. The van der Waals surface area contributed by atoms with Crippen molar-refractivity contribution in [2.45, 2.75) is 18.4 Å². The molecule has 1 saturated heterocycles. The highest BCUT2D eigenvalue weighted by Crippen LogP contribution is 2.34. The summed E-state index contributed by atoms with van der Waals surface area (Å²) in [5, 5.41) is 15.1. The number of fused-ring (bicyclic) bond motifs is 1. The molecule has 0 bridgehead atoms. The maximum atomic E-state index is 10.8. The van der Waals surface area contributed by atoms with E-state index in [0.29, 0.717) is 0 Å². The molecule has 1 aliphatic rings. The first-order valence-corrected chi connectivity index (χ1v) is 6.07. The quantitative estimate of drug-likeness (QED) is 0.782. The van der Waals surface area contributed by atoms with Gasteiger partial charge in [0.05, 0.1) is 11.1 Å². The zero-order chi connectivity index (χ0) is 11.7. The molecule has 0 aliphatic carbocycles. The van der Waals surface area contributed by atoms with Gasteiger partial charge in [0, 0.05) is 17.1 Å². The molecule has 1 aliphatic heterocycles. The lowest BCUT2D eigenvalue weighted by Gasteiger charge is -2.33. The summed E-state index contributed by atoms with van der Waals surface area (Å²) in [7, 11) is 0. The largest absolute Gasteiger partial charge is 0.385 e. The molecule has 2 aromatic rings. The number of piperidine rings is 1. The minimum absolute atomic E-state index is 0.723. The molecular weight excluding hydrogens is 212 g/mol. The fraction of sp³-hybridized carbons (Fsp3) is 0.357. The summed E-state index contributed by atoms with van der Waals surface area (Å²) in [5.74, 6) is 0. The van der Waals surface area contributed by atoms with Crippen LogP contribution >= 0.6 is 0 Å². The van der Waals surface area contributed by atoms with Gasteiger partial charge in [-0.2, -0.15) is 0 Å². The average Bonchev–Trinajstić information content (AvgIpc) is 2.39. The summed E-state index contributed by atoms with van der Waals surface area (Å²) in [6, 6.07) is 10.0. The van der Waals surface area contributed by atoms with Gasteiger partial charge in [-0.15, -0.1) is 0 Å². The van der Waals surface area contributed by atoms with Gasteiger partial charge >= 0.3 is 0 Å². The van der Waals surface area contributed by atoms with E-state index in [9.17, 15) is 5.11 Å². The molecule has 0 spiro atoms. The predicted octanol–water partition coefficient (Wildman–Crippen LogP) is 1.81. The van der Waals surface area contributed by atoms with Crippen molar-refractivity contribution in [2.75, 3.05) is 13.1 Å². The molecule has 1 fully saturated rings. The molecule has 1 aromatic heterocycles. The number of benzene rings is 1. The maximum Gasteiger partial charge on any atom is 0.0941 e. The molecule has 0 amide bonds. The smallest absolute Gasteiger partial charge is 0.0941 e. The van der Waals surface area contributed by atoms with Gasteiger partial charge in [-0.05, 0) is 32.0 Å². The van der Waals surface area contributed by atoms with Crippen LogP contribution in [0.4, 0.5) is 0 Å². The summed E-state index contributed by atoms with van der Waals surface area (Å²) in [5.41, 5.74) is 1.18. The molecule has 0 unspecified atom stereocenters. The summed E-state index contributed by atoms with van der Waals surface area (Å²) in [6.07, 6.45) is 3.29. The first-order chi connectivity index (χ1) is 8.30. The Morgan fingerprint density at radius 1 is 1.12 bits per heavy atom. The number of rotatable bonds is 1. The van der Waals surface area contributed by atoms with Crippen molar-refractivity contribution in [3.05, 3.63) is 42.1 Å². The van der Waals surface area contributed by atoms with Crippen molar-refractivity contribution in [3.8, 4) is 0 Å². The molecule has 0 atom stereocenters. The Kier molecular flexibility index (Phi) is 2.57. The van der Waals surface area contributed by atoms with Crippen molar-refractivity contribution < 1.29 is 5.11 Å². The van der Waals surface area contributed by atoms with Gasteiger partial charge in [-0.3, -0.25) is 4.98 Å². The van der Waals surface area contributed by atoms with E-state index < -0.39 is 5.60 Å². The van der Waals surface area contributed by atoms with E-state index in [4.69, 9.17) is 0 Å².